The van der Waals surface area contributed by atoms with E-state index in [2.05, 4.69) is 5.32 Å². The molecule has 1 aromatic rings. The highest BCUT2D eigenvalue weighted by molar-refractivity contribution is 5.32. The highest BCUT2D eigenvalue weighted by Gasteiger charge is 2.50. The molecule has 1 saturated carbocycles. The molecule has 0 bridgehead atoms. The molecule has 1 heterocycles. The summed E-state index contributed by atoms with van der Waals surface area (Å²) in [7, 11) is 0. The van der Waals surface area contributed by atoms with Crippen LogP contribution < -0.4 is 5.32 Å². The Labute approximate surface area is 83.3 Å². The van der Waals surface area contributed by atoms with Crippen molar-refractivity contribution in [2.75, 3.05) is 13.1 Å². The van der Waals surface area contributed by atoms with Crippen LogP contribution in [0, 0.1) is 11.7 Å². The number of benzene rings is 1. The summed E-state index contributed by atoms with van der Waals surface area (Å²) in [6.45, 7) is 2.21. The zero-order valence-electron chi connectivity index (χ0n) is 8.09. The van der Waals surface area contributed by atoms with Gasteiger partial charge >= 0.3 is 0 Å². The van der Waals surface area contributed by atoms with Crippen molar-refractivity contribution in [1.29, 1.82) is 0 Å². The second kappa shape index (κ2) is 2.80. The number of rotatable bonds is 1. The third kappa shape index (κ3) is 0.976. The van der Waals surface area contributed by atoms with Crippen molar-refractivity contribution >= 4 is 0 Å². The Morgan fingerprint density at radius 2 is 2.07 bits per heavy atom. The maximum absolute atomic E-state index is 12.8. The molecular weight excluding hydrogens is 177 g/mol. The summed E-state index contributed by atoms with van der Waals surface area (Å²) in [4.78, 5) is 0. The fourth-order valence-corrected chi connectivity index (χ4v) is 2.96. The summed E-state index contributed by atoms with van der Waals surface area (Å²) in [5.41, 5.74) is 1.66. The van der Waals surface area contributed by atoms with Crippen LogP contribution in [-0.4, -0.2) is 13.1 Å². The standard InChI is InChI=1S/C12H14FN/c13-11-3-1-9(2-4-11)12-6-5-10(12)7-14-8-12/h1-4,10,14H,5-8H2. The fraction of sp³-hybridized carbons (Fsp3) is 0.500. The molecule has 0 radical (unpaired) electrons. The van der Waals surface area contributed by atoms with Crippen LogP contribution >= 0.6 is 0 Å². The topological polar surface area (TPSA) is 12.0 Å². The monoisotopic (exact) mass is 191 g/mol. The van der Waals surface area contributed by atoms with Crippen molar-refractivity contribution in [3.8, 4) is 0 Å². The molecular formula is C12H14FN. The van der Waals surface area contributed by atoms with E-state index in [0.717, 1.165) is 19.0 Å². The summed E-state index contributed by atoms with van der Waals surface area (Å²) in [5, 5.41) is 3.44. The van der Waals surface area contributed by atoms with Crippen LogP contribution in [0.3, 0.4) is 0 Å². The summed E-state index contributed by atoms with van der Waals surface area (Å²) in [6, 6.07) is 7.07. The number of nitrogens with one attached hydrogen (secondary N) is 1. The van der Waals surface area contributed by atoms with Crippen molar-refractivity contribution < 1.29 is 4.39 Å². The lowest BCUT2D eigenvalue weighted by atomic mass is 9.59. The van der Waals surface area contributed by atoms with Gasteiger partial charge in [-0.15, -0.1) is 0 Å². The van der Waals surface area contributed by atoms with E-state index >= 15 is 0 Å². The maximum atomic E-state index is 12.8. The highest BCUT2D eigenvalue weighted by atomic mass is 19.1. The number of hydrogen-bond acceptors (Lipinski definition) is 1. The van der Waals surface area contributed by atoms with Gasteiger partial charge in [0.05, 0.1) is 0 Å². The van der Waals surface area contributed by atoms with Gasteiger partial charge in [-0.25, -0.2) is 4.39 Å². The average Bonchev–Trinajstić information content (AvgIpc) is 2.45. The van der Waals surface area contributed by atoms with Gasteiger partial charge in [0.15, 0.2) is 0 Å². The lowest BCUT2D eigenvalue weighted by Gasteiger charge is -2.44. The van der Waals surface area contributed by atoms with E-state index in [-0.39, 0.29) is 5.82 Å². The SMILES string of the molecule is Fc1ccc(C23CCC2CNC3)cc1. The van der Waals surface area contributed by atoms with E-state index in [1.165, 1.54) is 18.4 Å². The van der Waals surface area contributed by atoms with E-state index in [9.17, 15) is 4.39 Å². The molecule has 1 aliphatic carbocycles. The summed E-state index contributed by atoms with van der Waals surface area (Å²) in [6.07, 6.45) is 2.58. The van der Waals surface area contributed by atoms with Gasteiger partial charge in [0.2, 0.25) is 0 Å². The highest BCUT2D eigenvalue weighted by Crippen LogP contribution is 2.50. The van der Waals surface area contributed by atoms with Crippen LogP contribution in [-0.2, 0) is 5.41 Å². The Morgan fingerprint density at radius 1 is 1.29 bits per heavy atom. The second-order valence-electron chi connectivity index (χ2n) is 4.53. The van der Waals surface area contributed by atoms with Crippen LogP contribution in [0.1, 0.15) is 18.4 Å². The lowest BCUT2D eigenvalue weighted by Crippen LogP contribution is -2.43. The minimum absolute atomic E-state index is 0.132. The van der Waals surface area contributed by atoms with Crippen molar-refractivity contribution in [2.24, 2.45) is 5.92 Å². The van der Waals surface area contributed by atoms with E-state index in [1.807, 2.05) is 12.1 Å². The Morgan fingerprint density at radius 3 is 2.64 bits per heavy atom. The normalized spacial score (nSPS) is 35.1. The zero-order chi connectivity index (χ0) is 9.60. The van der Waals surface area contributed by atoms with Crippen LogP contribution in [0.25, 0.3) is 0 Å². The molecule has 1 saturated heterocycles. The van der Waals surface area contributed by atoms with E-state index in [0.29, 0.717) is 5.41 Å². The third-order valence-corrected chi connectivity index (χ3v) is 3.97. The first-order chi connectivity index (χ1) is 6.81. The number of halogens is 1. The van der Waals surface area contributed by atoms with Crippen molar-refractivity contribution in [2.45, 2.75) is 18.3 Å². The van der Waals surface area contributed by atoms with Gasteiger partial charge < -0.3 is 5.32 Å². The Hall–Kier alpha value is -0.890. The van der Waals surface area contributed by atoms with Gasteiger partial charge in [-0.2, -0.15) is 0 Å². The second-order valence-corrected chi connectivity index (χ2v) is 4.53. The average molecular weight is 191 g/mol. The van der Waals surface area contributed by atoms with Gasteiger partial charge in [-0.1, -0.05) is 12.1 Å². The molecule has 1 aliphatic heterocycles. The lowest BCUT2D eigenvalue weighted by molar-refractivity contribution is 0.182. The van der Waals surface area contributed by atoms with Crippen LogP contribution in [0.2, 0.25) is 0 Å². The largest absolute Gasteiger partial charge is 0.316 e. The zero-order valence-corrected chi connectivity index (χ0v) is 8.09. The third-order valence-electron chi connectivity index (χ3n) is 3.97. The first-order valence-electron chi connectivity index (χ1n) is 5.28. The van der Waals surface area contributed by atoms with Crippen LogP contribution in [0.4, 0.5) is 4.39 Å². The molecule has 1 aromatic carbocycles. The Balaban J connectivity index is 1.98. The maximum Gasteiger partial charge on any atom is 0.123 e. The molecule has 0 aromatic heterocycles. The Kier molecular flexibility index (Phi) is 1.68. The first-order valence-corrected chi connectivity index (χ1v) is 5.28. The predicted octanol–water partition coefficient (Wildman–Crippen LogP) is 2.08. The number of hydrogen-bond donors (Lipinski definition) is 1. The van der Waals surface area contributed by atoms with E-state index in [4.69, 9.17) is 0 Å². The molecule has 14 heavy (non-hydrogen) atoms. The predicted molar refractivity (Wildman–Crippen MR) is 53.7 cm³/mol. The molecule has 2 unspecified atom stereocenters. The van der Waals surface area contributed by atoms with Crippen LogP contribution in [0.15, 0.2) is 24.3 Å². The number of fused-ring (bicyclic) bond motifs is 1. The van der Waals surface area contributed by atoms with Crippen molar-refractivity contribution in [3.05, 3.63) is 35.6 Å². The van der Waals surface area contributed by atoms with Gasteiger partial charge in [0.25, 0.3) is 0 Å². The van der Waals surface area contributed by atoms with Crippen molar-refractivity contribution in [1.82, 2.24) is 5.32 Å². The molecule has 0 amide bonds. The van der Waals surface area contributed by atoms with Crippen molar-refractivity contribution in [3.63, 3.8) is 0 Å². The van der Waals surface area contributed by atoms with Gasteiger partial charge in [-0.05, 0) is 43.0 Å². The van der Waals surface area contributed by atoms with Crippen LogP contribution in [0.5, 0.6) is 0 Å². The molecule has 74 valence electrons. The molecule has 1 nitrogen and oxygen atoms in total. The molecule has 3 rings (SSSR count). The summed E-state index contributed by atoms with van der Waals surface area (Å²) >= 11 is 0. The Bertz CT molecular complexity index is 346. The summed E-state index contributed by atoms with van der Waals surface area (Å²) in [5.74, 6) is 0.653. The van der Waals surface area contributed by atoms with E-state index in [1.54, 1.807) is 12.1 Å². The minimum atomic E-state index is -0.132. The minimum Gasteiger partial charge on any atom is -0.316 e. The summed E-state index contributed by atoms with van der Waals surface area (Å²) < 4.78 is 12.8. The first kappa shape index (κ1) is 8.42. The molecule has 0 spiro atoms. The van der Waals surface area contributed by atoms with Gasteiger partial charge in [0.1, 0.15) is 5.82 Å². The van der Waals surface area contributed by atoms with Gasteiger partial charge in [-0.3, -0.25) is 0 Å². The molecule has 2 aliphatic rings. The molecule has 1 N–H and O–H groups in total. The molecule has 2 atom stereocenters. The van der Waals surface area contributed by atoms with Gasteiger partial charge in [0, 0.05) is 12.0 Å². The fourth-order valence-electron chi connectivity index (χ4n) is 2.96. The molecule has 2 fully saturated rings. The molecule has 2 heteroatoms. The smallest absolute Gasteiger partial charge is 0.123 e. The quantitative estimate of drug-likeness (QED) is 0.716. The van der Waals surface area contributed by atoms with E-state index < -0.39 is 0 Å².